The lowest BCUT2D eigenvalue weighted by molar-refractivity contribution is 0.443. The zero-order valence-corrected chi connectivity index (χ0v) is 15.8. The lowest BCUT2D eigenvalue weighted by Crippen LogP contribution is -2.29. The lowest BCUT2D eigenvalue weighted by Gasteiger charge is -2.15. The molecule has 0 fully saturated rings. The number of sulfonamides is 1. The van der Waals surface area contributed by atoms with Crippen molar-refractivity contribution in [3.8, 4) is 11.5 Å². The SMILES string of the molecule is CCCC[C@H](CC)CNS(=O)(=O)c1ccc(Oc2ccccc2)cc1. The molecular formula is C20H27NO3S. The third-order valence-corrected chi connectivity index (χ3v) is 5.66. The Kier molecular flexibility index (Phi) is 7.47. The first-order chi connectivity index (χ1) is 12.0. The van der Waals surface area contributed by atoms with Crippen LogP contribution in [0, 0.1) is 5.92 Å². The van der Waals surface area contributed by atoms with Crippen molar-refractivity contribution in [3.05, 3.63) is 54.6 Å². The molecule has 0 saturated heterocycles. The fraction of sp³-hybridized carbons (Fsp3) is 0.400. The van der Waals surface area contributed by atoms with Crippen LogP contribution in [-0.4, -0.2) is 15.0 Å². The predicted octanol–water partition coefficient (Wildman–Crippen LogP) is 4.97. The highest BCUT2D eigenvalue weighted by Crippen LogP contribution is 2.22. The minimum atomic E-state index is -3.49. The molecule has 0 radical (unpaired) electrons. The standard InChI is InChI=1S/C20H27NO3S/c1-3-5-9-17(4-2)16-21-25(22,23)20-14-12-19(13-15-20)24-18-10-7-6-8-11-18/h6-8,10-15,17,21H,3-5,9,16H2,1-2H3/t17-/m0/s1. The molecule has 0 bridgehead atoms. The van der Waals surface area contributed by atoms with E-state index in [0.717, 1.165) is 31.4 Å². The molecule has 4 nitrogen and oxygen atoms in total. The summed E-state index contributed by atoms with van der Waals surface area (Å²) >= 11 is 0. The summed E-state index contributed by atoms with van der Waals surface area (Å²) in [7, 11) is -3.49. The third-order valence-electron chi connectivity index (χ3n) is 4.22. The van der Waals surface area contributed by atoms with Crippen LogP contribution in [0.15, 0.2) is 59.5 Å². The van der Waals surface area contributed by atoms with E-state index in [-0.39, 0.29) is 4.90 Å². The van der Waals surface area contributed by atoms with Gasteiger partial charge in [0.2, 0.25) is 10.0 Å². The van der Waals surface area contributed by atoms with E-state index in [9.17, 15) is 8.42 Å². The molecule has 0 saturated carbocycles. The highest BCUT2D eigenvalue weighted by atomic mass is 32.2. The second-order valence-electron chi connectivity index (χ2n) is 6.15. The minimum Gasteiger partial charge on any atom is -0.457 e. The van der Waals surface area contributed by atoms with E-state index in [0.29, 0.717) is 18.2 Å². The summed E-state index contributed by atoms with van der Waals surface area (Å²) in [6.45, 7) is 4.74. The maximum Gasteiger partial charge on any atom is 0.240 e. The first-order valence-electron chi connectivity index (χ1n) is 8.87. The average molecular weight is 362 g/mol. The molecule has 136 valence electrons. The van der Waals surface area contributed by atoms with Gasteiger partial charge < -0.3 is 4.74 Å². The molecule has 0 amide bonds. The Morgan fingerprint density at radius 1 is 0.960 bits per heavy atom. The fourth-order valence-electron chi connectivity index (χ4n) is 2.57. The summed E-state index contributed by atoms with van der Waals surface area (Å²) in [5, 5.41) is 0. The number of ether oxygens (including phenoxy) is 1. The van der Waals surface area contributed by atoms with Gasteiger partial charge in [-0.1, -0.05) is 51.3 Å². The number of nitrogens with one attached hydrogen (secondary N) is 1. The number of benzene rings is 2. The molecule has 2 aromatic rings. The smallest absolute Gasteiger partial charge is 0.240 e. The van der Waals surface area contributed by atoms with E-state index in [1.165, 1.54) is 0 Å². The van der Waals surface area contributed by atoms with Crippen molar-refractivity contribution in [1.29, 1.82) is 0 Å². The van der Waals surface area contributed by atoms with Crippen molar-refractivity contribution in [2.75, 3.05) is 6.54 Å². The molecule has 5 heteroatoms. The lowest BCUT2D eigenvalue weighted by atomic mass is 10.00. The molecule has 2 rings (SSSR count). The van der Waals surface area contributed by atoms with Crippen molar-refractivity contribution in [2.24, 2.45) is 5.92 Å². The molecule has 0 heterocycles. The van der Waals surface area contributed by atoms with Crippen LogP contribution in [0.4, 0.5) is 0 Å². The monoisotopic (exact) mass is 361 g/mol. The van der Waals surface area contributed by atoms with Crippen molar-refractivity contribution in [1.82, 2.24) is 4.72 Å². The Morgan fingerprint density at radius 2 is 1.60 bits per heavy atom. The first kappa shape index (κ1) is 19.5. The van der Waals surface area contributed by atoms with Crippen molar-refractivity contribution >= 4 is 10.0 Å². The van der Waals surface area contributed by atoms with Gasteiger partial charge in [-0.2, -0.15) is 0 Å². The Hall–Kier alpha value is -1.85. The van der Waals surface area contributed by atoms with Gasteiger partial charge in [-0.25, -0.2) is 13.1 Å². The van der Waals surface area contributed by atoms with Crippen LogP contribution in [-0.2, 0) is 10.0 Å². The van der Waals surface area contributed by atoms with Gasteiger partial charge >= 0.3 is 0 Å². The van der Waals surface area contributed by atoms with E-state index in [1.54, 1.807) is 24.3 Å². The summed E-state index contributed by atoms with van der Waals surface area (Å²) in [5.74, 6) is 1.72. The molecule has 0 aliphatic carbocycles. The molecule has 0 aliphatic rings. The van der Waals surface area contributed by atoms with Crippen LogP contribution < -0.4 is 9.46 Å². The predicted molar refractivity (Wildman–Crippen MR) is 101 cm³/mol. The highest BCUT2D eigenvalue weighted by molar-refractivity contribution is 7.89. The summed E-state index contributed by atoms with van der Waals surface area (Å²) in [6, 6.07) is 15.9. The maximum atomic E-state index is 12.4. The first-order valence-corrected chi connectivity index (χ1v) is 10.4. The molecule has 0 aliphatic heterocycles. The Labute approximate surface area is 151 Å². The van der Waals surface area contributed by atoms with Gasteiger partial charge in [0.25, 0.3) is 0 Å². The summed E-state index contributed by atoms with van der Waals surface area (Å²) in [4.78, 5) is 0.262. The molecule has 2 aromatic carbocycles. The summed E-state index contributed by atoms with van der Waals surface area (Å²) in [5.41, 5.74) is 0. The topological polar surface area (TPSA) is 55.4 Å². The van der Waals surface area contributed by atoms with E-state index in [2.05, 4.69) is 18.6 Å². The Bertz CT molecular complexity index is 727. The zero-order chi connectivity index (χ0) is 18.1. The molecular weight excluding hydrogens is 334 g/mol. The molecule has 0 aromatic heterocycles. The van der Waals surface area contributed by atoms with Gasteiger partial charge in [0.05, 0.1) is 4.90 Å². The molecule has 0 spiro atoms. The molecule has 1 atom stereocenters. The third kappa shape index (κ3) is 6.18. The summed E-state index contributed by atoms with van der Waals surface area (Å²) < 4.78 is 33.3. The van der Waals surface area contributed by atoms with Crippen LogP contribution in [0.1, 0.15) is 39.5 Å². The Morgan fingerprint density at radius 3 is 2.20 bits per heavy atom. The van der Waals surface area contributed by atoms with Crippen molar-refractivity contribution < 1.29 is 13.2 Å². The van der Waals surface area contributed by atoms with E-state index >= 15 is 0 Å². The highest BCUT2D eigenvalue weighted by Gasteiger charge is 2.16. The zero-order valence-electron chi connectivity index (χ0n) is 14.9. The molecule has 1 N–H and O–H groups in total. The summed E-state index contributed by atoms with van der Waals surface area (Å²) in [6.07, 6.45) is 4.30. The molecule has 0 unspecified atom stereocenters. The van der Waals surface area contributed by atoms with Gasteiger partial charge in [-0.3, -0.25) is 0 Å². The maximum absolute atomic E-state index is 12.4. The van der Waals surface area contributed by atoms with Crippen LogP contribution in [0.25, 0.3) is 0 Å². The average Bonchev–Trinajstić information content (AvgIpc) is 2.63. The van der Waals surface area contributed by atoms with Gasteiger partial charge in [0.15, 0.2) is 0 Å². The van der Waals surface area contributed by atoms with Crippen LogP contribution >= 0.6 is 0 Å². The fourth-order valence-corrected chi connectivity index (χ4v) is 3.68. The number of hydrogen-bond acceptors (Lipinski definition) is 3. The number of rotatable bonds is 10. The quantitative estimate of drug-likeness (QED) is 0.650. The van der Waals surface area contributed by atoms with E-state index in [4.69, 9.17) is 4.74 Å². The van der Waals surface area contributed by atoms with E-state index in [1.807, 2.05) is 30.3 Å². The number of unbranched alkanes of at least 4 members (excludes halogenated alkanes) is 1. The molecule has 25 heavy (non-hydrogen) atoms. The van der Waals surface area contributed by atoms with Crippen LogP contribution in [0.3, 0.4) is 0 Å². The van der Waals surface area contributed by atoms with E-state index < -0.39 is 10.0 Å². The Balaban J connectivity index is 1.97. The van der Waals surface area contributed by atoms with Crippen molar-refractivity contribution in [2.45, 2.75) is 44.4 Å². The van der Waals surface area contributed by atoms with Gasteiger partial charge in [-0.15, -0.1) is 0 Å². The van der Waals surface area contributed by atoms with Crippen molar-refractivity contribution in [3.63, 3.8) is 0 Å². The van der Waals surface area contributed by atoms with Gasteiger partial charge in [-0.05, 0) is 48.7 Å². The second-order valence-corrected chi connectivity index (χ2v) is 7.92. The number of para-hydroxylation sites is 1. The van der Waals surface area contributed by atoms with Gasteiger partial charge in [0.1, 0.15) is 11.5 Å². The van der Waals surface area contributed by atoms with Crippen LogP contribution in [0.2, 0.25) is 0 Å². The number of hydrogen-bond donors (Lipinski definition) is 1. The van der Waals surface area contributed by atoms with Gasteiger partial charge in [0, 0.05) is 6.54 Å². The van der Waals surface area contributed by atoms with Crippen LogP contribution in [0.5, 0.6) is 11.5 Å². The second kappa shape index (κ2) is 9.59. The minimum absolute atomic E-state index is 0.262. The normalized spacial score (nSPS) is 12.7. The largest absolute Gasteiger partial charge is 0.457 e.